The van der Waals surface area contributed by atoms with E-state index in [-0.39, 0.29) is 67.9 Å². The number of rotatable bonds is 9. The summed E-state index contributed by atoms with van der Waals surface area (Å²) in [7, 11) is 0. The monoisotopic (exact) mass is 774 g/mol. The van der Waals surface area contributed by atoms with Crippen molar-refractivity contribution in [1.82, 2.24) is 0 Å². The van der Waals surface area contributed by atoms with Gasteiger partial charge in [0.1, 0.15) is 67.9 Å². The molecule has 6 aromatic carbocycles. The molecule has 15 heteroatoms. The third-order valence-electron chi connectivity index (χ3n) is 7.33. The lowest BCUT2D eigenvalue weighted by Gasteiger charge is -2.07. The Balaban J connectivity index is 0.000000189. The third-order valence-corrected chi connectivity index (χ3v) is 7.33. The smallest absolute Gasteiger partial charge is 0.347 e. The van der Waals surface area contributed by atoms with Crippen LogP contribution in [0.25, 0.3) is 0 Å². The Kier molecular flexibility index (Phi) is 14.2. The largest absolute Gasteiger partial charge is 0.507 e. The number of benzene rings is 6. The number of aromatic carboxylic acids is 3. The molecule has 0 saturated heterocycles. The number of ether oxygens (including phenoxy) is 3. The quantitative estimate of drug-likeness (QED) is 0.0643. The molecule has 0 radical (unpaired) electrons. The maximum atomic E-state index is 11.8. The molecule has 0 atom stereocenters. The lowest BCUT2D eigenvalue weighted by atomic mass is 10.2. The summed E-state index contributed by atoms with van der Waals surface area (Å²) in [6.07, 6.45) is 0. The van der Waals surface area contributed by atoms with E-state index in [1.54, 1.807) is 54.6 Å². The molecule has 0 aliphatic heterocycles. The van der Waals surface area contributed by atoms with Crippen LogP contribution in [-0.4, -0.2) is 66.5 Å². The minimum absolute atomic E-state index is 0.0253. The molecule has 6 aromatic rings. The fourth-order valence-electron chi connectivity index (χ4n) is 4.60. The van der Waals surface area contributed by atoms with Crippen molar-refractivity contribution in [3.05, 3.63) is 179 Å². The molecule has 0 aliphatic carbocycles. The van der Waals surface area contributed by atoms with E-state index in [0.29, 0.717) is 0 Å². The molecule has 0 aromatic heterocycles. The minimum Gasteiger partial charge on any atom is -0.507 e. The van der Waals surface area contributed by atoms with E-state index in [2.05, 4.69) is 0 Å². The number of carbonyl (C=O) groups excluding carboxylic acids is 3. The highest BCUT2D eigenvalue weighted by Gasteiger charge is 2.20. The topological polar surface area (TPSA) is 251 Å². The van der Waals surface area contributed by atoms with E-state index in [9.17, 15) is 44.1 Å². The van der Waals surface area contributed by atoms with Gasteiger partial charge in [-0.25, -0.2) is 28.8 Å². The van der Waals surface area contributed by atoms with E-state index in [4.69, 9.17) is 29.5 Å². The molecule has 0 fully saturated rings. The van der Waals surface area contributed by atoms with Gasteiger partial charge in [0.15, 0.2) is 0 Å². The summed E-state index contributed by atoms with van der Waals surface area (Å²) in [6.45, 7) is 0. The van der Waals surface area contributed by atoms with Crippen LogP contribution < -0.4 is 14.2 Å². The molecule has 0 unspecified atom stereocenters. The molecule has 0 bridgehead atoms. The first-order valence-electron chi connectivity index (χ1n) is 16.3. The van der Waals surface area contributed by atoms with Gasteiger partial charge in [-0.2, -0.15) is 0 Å². The zero-order valence-electron chi connectivity index (χ0n) is 29.2. The predicted molar refractivity (Wildman–Crippen MR) is 199 cm³/mol. The van der Waals surface area contributed by atoms with Crippen LogP contribution in [0.1, 0.15) is 62.1 Å². The third kappa shape index (κ3) is 11.3. The van der Waals surface area contributed by atoms with Gasteiger partial charge in [-0.3, -0.25) is 0 Å². The predicted octanol–water partition coefficient (Wildman–Crippen LogP) is 6.93. The second-order valence-electron chi connectivity index (χ2n) is 11.1. The first kappa shape index (κ1) is 41.3. The number of carboxylic acids is 3. The fourth-order valence-corrected chi connectivity index (χ4v) is 4.60. The number of hydrogen-bond acceptors (Lipinski definition) is 12. The minimum atomic E-state index is -1.19. The van der Waals surface area contributed by atoms with Gasteiger partial charge in [0, 0.05) is 0 Å². The summed E-state index contributed by atoms with van der Waals surface area (Å²) >= 11 is 0. The molecule has 57 heavy (non-hydrogen) atoms. The number of phenolic OH excluding ortho intramolecular Hbond substituents is 3. The molecule has 15 nitrogen and oxygen atoms in total. The van der Waals surface area contributed by atoms with Crippen LogP contribution in [0.2, 0.25) is 0 Å². The van der Waals surface area contributed by atoms with Crippen LogP contribution in [0.15, 0.2) is 146 Å². The number of aromatic hydroxyl groups is 3. The summed E-state index contributed by atoms with van der Waals surface area (Å²) in [5.74, 6) is -6.89. The van der Waals surface area contributed by atoms with Crippen molar-refractivity contribution >= 4 is 35.8 Å². The Labute approximate surface area is 322 Å². The summed E-state index contributed by atoms with van der Waals surface area (Å²) in [6, 6.07) is 35.0. The number of phenols is 3. The van der Waals surface area contributed by atoms with Gasteiger partial charge in [-0.1, -0.05) is 72.8 Å². The van der Waals surface area contributed by atoms with Gasteiger partial charge in [0.05, 0.1) is 0 Å². The van der Waals surface area contributed by atoms with E-state index in [1.165, 1.54) is 91.0 Å². The maximum absolute atomic E-state index is 11.8. The SMILES string of the molecule is O=C(Oc1ccccc1C(=O)O)c1ccccc1O.O=C(Oc1ccccc1C(=O)O)c1ccccc1O.O=C(Oc1ccccc1C(=O)O)c1ccccc1O. The second-order valence-corrected chi connectivity index (χ2v) is 11.1. The van der Waals surface area contributed by atoms with Gasteiger partial charge >= 0.3 is 35.8 Å². The second kappa shape index (κ2) is 19.6. The number of carboxylic acid groups (broad SMARTS) is 3. The van der Waals surface area contributed by atoms with Crippen molar-refractivity contribution in [3.8, 4) is 34.5 Å². The van der Waals surface area contributed by atoms with E-state index in [1.807, 2.05) is 0 Å². The van der Waals surface area contributed by atoms with Crippen molar-refractivity contribution in [1.29, 1.82) is 0 Å². The van der Waals surface area contributed by atoms with Gasteiger partial charge in [-0.05, 0) is 72.8 Å². The van der Waals surface area contributed by atoms with Crippen molar-refractivity contribution in [2.24, 2.45) is 0 Å². The zero-order valence-corrected chi connectivity index (χ0v) is 29.2. The molecule has 0 saturated carbocycles. The van der Waals surface area contributed by atoms with Gasteiger partial charge in [0.2, 0.25) is 0 Å². The molecular formula is C42H30O15. The van der Waals surface area contributed by atoms with E-state index in [0.717, 1.165) is 0 Å². The zero-order chi connectivity index (χ0) is 41.5. The van der Waals surface area contributed by atoms with Crippen LogP contribution >= 0.6 is 0 Å². The Morgan fingerprint density at radius 3 is 0.702 bits per heavy atom. The number of hydrogen-bond donors (Lipinski definition) is 6. The highest BCUT2D eigenvalue weighted by atomic mass is 16.5. The number of para-hydroxylation sites is 6. The summed E-state index contributed by atoms with van der Waals surface area (Å²) < 4.78 is 15.0. The van der Waals surface area contributed by atoms with Crippen molar-refractivity contribution < 1.29 is 73.6 Å². The average molecular weight is 775 g/mol. The van der Waals surface area contributed by atoms with Crippen LogP contribution in [0.5, 0.6) is 34.5 Å². The van der Waals surface area contributed by atoms with Gasteiger partial charge in [0.25, 0.3) is 0 Å². The summed E-state index contributed by atoms with van der Waals surface area (Å²) in [4.78, 5) is 68.4. The number of esters is 3. The molecule has 288 valence electrons. The van der Waals surface area contributed by atoms with Crippen LogP contribution in [0.3, 0.4) is 0 Å². The van der Waals surface area contributed by atoms with Crippen LogP contribution in [0, 0.1) is 0 Å². The molecule has 0 spiro atoms. The molecular weight excluding hydrogens is 744 g/mol. The van der Waals surface area contributed by atoms with Crippen LogP contribution in [0.4, 0.5) is 0 Å². The highest BCUT2D eigenvalue weighted by Crippen LogP contribution is 2.25. The Morgan fingerprint density at radius 1 is 0.298 bits per heavy atom. The van der Waals surface area contributed by atoms with Crippen molar-refractivity contribution in [2.75, 3.05) is 0 Å². The summed E-state index contributed by atoms with van der Waals surface area (Å²) in [5, 5.41) is 55.4. The van der Waals surface area contributed by atoms with E-state index >= 15 is 0 Å². The standard InChI is InChI=1S/3C14H10O5/c3*15-11-7-3-1-5-9(11)14(18)19-12-8-4-2-6-10(12)13(16)17/h3*1-8,15H,(H,16,17). The molecule has 0 heterocycles. The normalized spacial score (nSPS) is 9.89. The fraction of sp³-hybridized carbons (Fsp3) is 0. The van der Waals surface area contributed by atoms with Crippen molar-refractivity contribution in [3.63, 3.8) is 0 Å². The first-order chi connectivity index (χ1) is 27.3. The Bertz CT molecular complexity index is 2170. The first-order valence-corrected chi connectivity index (χ1v) is 16.3. The van der Waals surface area contributed by atoms with Gasteiger partial charge < -0.3 is 44.8 Å². The van der Waals surface area contributed by atoms with Gasteiger partial charge in [-0.15, -0.1) is 0 Å². The Morgan fingerprint density at radius 2 is 0.491 bits per heavy atom. The highest BCUT2D eigenvalue weighted by molar-refractivity contribution is 5.98. The lowest BCUT2D eigenvalue weighted by Crippen LogP contribution is -2.11. The molecule has 0 amide bonds. The summed E-state index contributed by atoms with van der Waals surface area (Å²) in [5.41, 5.74) is -0.433. The average Bonchev–Trinajstić information content (AvgIpc) is 3.19. The Hall–Kier alpha value is -8.46. The molecule has 6 rings (SSSR count). The number of carbonyl (C=O) groups is 6. The lowest BCUT2D eigenvalue weighted by molar-refractivity contribution is 0.0661. The molecule has 0 aliphatic rings. The molecule has 6 N–H and O–H groups in total. The van der Waals surface area contributed by atoms with Crippen LogP contribution in [-0.2, 0) is 0 Å². The van der Waals surface area contributed by atoms with E-state index < -0.39 is 35.8 Å². The maximum Gasteiger partial charge on any atom is 0.347 e. The van der Waals surface area contributed by atoms with Crippen molar-refractivity contribution in [2.45, 2.75) is 0 Å².